The van der Waals surface area contributed by atoms with Crippen LogP contribution >= 0.6 is 0 Å². The maximum atomic E-state index is 8.28. The highest BCUT2D eigenvalue weighted by Crippen LogP contribution is 2.68. The Bertz CT molecular complexity index is 853. The van der Waals surface area contributed by atoms with Crippen LogP contribution in [0.15, 0.2) is 12.3 Å². The molecule has 4 saturated carbocycles. The van der Waals surface area contributed by atoms with Gasteiger partial charge in [0.05, 0.1) is 0 Å². The molecular weight excluding hydrogens is 478 g/mol. The van der Waals surface area contributed by atoms with Gasteiger partial charge < -0.3 is 27.1 Å². The van der Waals surface area contributed by atoms with Crippen LogP contribution in [0.2, 0.25) is 0 Å². The molecule has 0 bridgehead atoms. The van der Waals surface area contributed by atoms with Gasteiger partial charge in [-0.05, 0) is 119 Å². The monoisotopic (exact) mass is 544 g/mol. The lowest BCUT2D eigenvalue weighted by molar-refractivity contribution is -0.122. The van der Waals surface area contributed by atoms with Gasteiger partial charge in [0, 0.05) is 42.5 Å². The molecule has 5 aliphatic rings. The van der Waals surface area contributed by atoms with Crippen LogP contribution in [0.4, 0.5) is 0 Å². The number of fused-ring (bicyclic) bond motifs is 5. The summed E-state index contributed by atoms with van der Waals surface area (Å²) in [7, 11) is 2.11. The van der Waals surface area contributed by atoms with Crippen LogP contribution in [-0.4, -0.2) is 48.9 Å². The van der Waals surface area contributed by atoms with Crippen LogP contribution < -0.4 is 16.8 Å². The third-order valence-electron chi connectivity index (χ3n) is 12.5. The summed E-state index contributed by atoms with van der Waals surface area (Å²) in [5, 5.41) is 11.8. The lowest BCUT2D eigenvalue weighted by atomic mass is 9.42. The minimum absolute atomic E-state index is 0.0553. The summed E-state index contributed by atoms with van der Waals surface area (Å²) in [6.45, 7) is 22.7. The van der Waals surface area contributed by atoms with E-state index in [2.05, 4.69) is 58.5 Å². The van der Waals surface area contributed by atoms with E-state index >= 15 is 0 Å². The van der Waals surface area contributed by atoms with E-state index in [1.165, 1.54) is 70.6 Å². The summed E-state index contributed by atoms with van der Waals surface area (Å²) < 4.78 is 0. The molecule has 0 spiro atoms. The fourth-order valence-corrected chi connectivity index (χ4v) is 9.98. The van der Waals surface area contributed by atoms with Gasteiger partial charge in [-0.25, -0.2) is 0 Å². The topological polar surface area (TPSA) is 91.2 Å². The maximum Gasteiger partial charge on any atom is 0.0330 e. The number of hydrogen-bond donors (Lipinski definition) is 4. The Hall–Kier alpha value is -0.910. The van der Waals surface area contributed by atoms with E-state index in [-0.39, 0.29) is 5.54 Å². The van der Waals surface area contributed by atoms with Gasteiger partial charge in [-0.15, -0.1) is 0 Å². The zero-order chi connectivity index (χ0) is 29.2. The molecular formula is C34H65N5. The number of nitrogens with one attached hydrogen (secondary N) is 2. The Balaban J connectivity index is 0.000000224. The molecule has 1 aliphatic heterocycles. The van der Waals surface area contributed by atoms with Gasteiger partial charge in [-0.1, -0.05) is 54.0 Å². The fourth-order valence-electron chi connectivity index (χ4n) is 9.98. The molecule has 4 aliphatic carbocycles. The van der Waals surface area contributed by atoms with Crippen LogP contribution in [-0.2, 0) is 0 Å². The summed E-state index contributed by atoms with van der Waals surface area (Å²) in [6, 6.07) is 0.606. The highest BCUT2D eigenvalue weighted by molar-refractivity contribution is 5.82. The molecule has 39 heavy (non-hydrogen) atoms. The summed E-state index contributed by atoms with van der Waals surface area (Å²) >= 11 is 0. The van der Waals surface area contributed by atoms with Crippen LogP contribution in [0.3, 0.4) is 0 Å². The highest BCUT2D eigenvalue weighted by Gasteiger charge is 2.65. The highest BCUT2D eigenvalue weighted by atomic mass is 15.1. The molecule has 0 amide bonds. The third-order valence-corrected chi connectivity index (χ3v) is 12.5. The lowest BCUT2D eigenvalue weighted by Gasteiger charge is -2.65. The number of likely N-dealkylation sites (N-methyl/N-ethyl adjacent to an activating group) is 1. The predicted molar refractivity (Wildman–Crippen MR) is 169 cm³/mol. The molecule has 5 rings (SSSR count). The Kier molecular flexibility index (Phi) is 10.5. The van der Waals surface area contributed by atoms with Gasteiger partial charge in [-0.3, -0.25) is 0 Å². The number of hydrogen-bond acceptors (Lipinski definition) is 5. The number of rotatable bonds is 4. The first-order valence-corrected chi connectivity index (χ1v) is 16.3. The largest absolute Gasteiger partial charge is 0.377 e. The van der Waals surface area contributed by atoms with E-state index < -0.39 is 0 Å². The van der Waals surface area contributed by atoms with Gasteiger partial charge >= 0.3 is 0 Å². The van der Waals surface area contributed by atoms with Crippen LogP contribution in [0.1, 0.15) is 119 Å². The molecule has 5 fully saturated rings. The van der Waals surface area contributed by atoms with Crippen molar-refractivity contribution in [2.24, 2.45) is 51.4 Å². The first kappa shape index (κ1) is 32.6. The Morgan fingerprint density at radius 3 is 2.13 bits per heavy atom. The summed E-state index contributed by atoms with van der Waals surface area (Å²) in [5.74, 6) is 2.81. The predicted octanol–water partition coefficient (Wildman–Crippen LogP) is 6.96. The number of allylic oxidation sites excluding steroid dienone is 1. The molecule has 0 aromatic carbocycles. The molecule has 5 heteroatoms. The van der Waals surface area contributed by atoms with E-state index in [9.17, 15) is 0 Å². The maximum absolute atomic E-state index is 8.28. The molecule has 8 unspecified atom stereocenters. The minimum Gasteiger partial charge on any atom is -0.377 e. The SMILES string of the molecule is C=C(C)N(C)CC1NCCC1(C)C.CC(=N)C1CCC2C1(C)CCC1C3(C)CCCCC3CCC12N.CCN. The van der Waals surface area contributed by atoms with Crippen molar-refractivity contribution >= 4 is 5.71 Å². The zero-order valence-electron chi connectivity index (χ0n) is 27.1. The van der Waals surface area contributed by atoms with E-state index in [0.29, 0.717) is 34.1 Å². The average Bonchev–Trinajstić information content (AvgIpc) is 3.38. The second kappa shape index (κ2) is 12.5. The summed E-state index contributed by atoms with van der Waals surface area (Å²) in [5.41, 5.74) is 15.5. The second-order valence-corrected chi connectivity index (χ2v) is 15.3. The third kappa shape index (κ3) is 6.31. The fraction of sp³-hybridized carbons (Fsp3) is 0.912. The van der Waals surface area contributed by atoms with E-state index in [1.54, 1.807) is 0 Å². The van der Waals surface area contributed by atoms with Crippen LogP contribution in [0, 0.1) is 45.3 Å². The Labute approximate surface area is 242 Å². The van der Waals surface area contributed by atoms with Crippen molar-refractivity contribution in [1.29, 1.82) is 5.41 Å². The van der Waals surface area contributed by atoms with Gasteiger partial charge in [-0.2, -0.15) is 0 Å². The van der Waals surface area contributed by atoms with Crippen molar-refractivity contribution in [1.82, 2.24) is 10.2 Å². The van der Waals surface area contributed by atoms with Crippen molar-refractivity contribution in [3.8, 4) is 0 Å². The average molecular weight is 544 g/mol. The first-order valence-electron chi connectivity index (χ1n) is 16.3. The molecule has 6 N–H and O–H groups in total. The molecule has 5 nitrogen and oxygen atoms in total. The van der Waals surface area contributed by atoms with Crippen molar-refractivity contribution in [2.75, 3.05) is 26.7 Å². The van der Waals surface area contributed by atoms with Crippen molar-refractivity contribution in [2.45, 2.75) is 131 Å². The Morgan fingerprint density at radius 2 is 1.56 bits per heavy atom. The summed E-state index contributed by atoms with van der Waals surface area (Å²) in [6.07, 6.45) is 14.7. The standard InChI is InChI=1S/C21H36N2.C11H22N2.C2H7N/c1-14(22)16-7-8-17-20(16,3)12-10-18-19(2)11-5-4-6-15(19)9-13-21(17,18)23;1-9(2)13(5)8-10-11(3,4)6-7-12-10;1-2-3/h15-18,22H,4-13,23H2,1-3H3;10,12H,1,6-8H2,2-5H3;2-3H2,1H3. The lowest BCUT2D eigenvalue weighted by Crippen LogP contribution is -2.67. The second-order valence-electron chi connectivity index (χ2n) is 15.3. The minimum atomic E-state index is 0.0553. The summed E-state index contributed by atoms with van der Waals surface area (Å²) in [4.78, 5) is 2.23. The van der Waals surface area contributed by atoms with Gasteiger partial charge in [0.1, 0.15) is 0 Å². The van der Waals surface area contributed by atoms with Crippen LogP contribution in [0.25, 0.3) is 0 Å². The Morgan fingerprint density at radius 1 is 0.923 bits per heavy atom. The van der Waals surface area contributed by atoms with Gasteiger partial charge in [0.25, 0.3) is 0 Å². The van der Waals surface area contributed by atoms with E-state index in [0.717, 1.165) is 42.9 Å². The molecule has 226 valence electrons. The smallest absolute Gasteiger partial charge is 0.0330 e. The van der Waals surface area contributed by atoms with Crippen molar-refractivity contribution < 1.29 is 0 Å². The molecule has 0 aromatic heterocycles. The normalized spacial score (nSPS) is 41.9. The molecule has 1 saturated heterocycles. The van der Waals surface area contributed by atoms with E-state index in [1.807, 2.05) is 13.8 Å². The van der Waals surface area contributed by atoms with Gasteiger partial charge in [0.2, 0.25) is 0 Å². The molecule has 8 atom stereocenters. The molecule has 0 radical (unpaired) electrons. The van der Waals surface area contributed by atoms with E-state index in [4.69, 9.17) is 16.9 Å². The zero-order valence-corrected chi connectivity index (χ0v) is 27.1. The van der Waals surface area contributed by atoms with Crippen molar-refractivity contribution in [3.63, 3.8) is 0 Å². The molecule has 0 aromatic rings. The quantitative estimate of drug-likeness (QED) is 0.288. The molecule has 1 heterocycles. The van der Waals surface area contributed by atoms with Crippen molar-refractivity contribution in [3.05, 3.63) is 12.3 Å². The number of nitrogens with zero attached hydrogens (tertiary/aromatic N) is 1. The first-order chi connectivity index (χ1) is 18.2. The van der Waals surface area contributed by atoms with Crippen LogP contribution in [0.5, 0.6) is 0 Å². The van der Waals surface area contributed by atoms with Gasteiger partial charge in [0.15, 0.2) is 0 Å². The number of nitrogens with two attached hydrogens (primary N) is 2.